The van der Waals surface area contributed by atoms with E-state index in [0.717, 1.165) is 11.1 Å². The van der Waals surface area contributed by atoms with Gasteiger partial charge in [-0.25, -0.2) is 0 Å². The van der Waals surface area contributed by atoms with Gasteiger partial charge in [-0.2, -0.15) is 0 Å². The second-order valence-corrected chi connectivity index (χ2v) is 3.77. The molecule has 0 heterocycles. The average molecular weight is 241 g/mol. The van der Waals surface area contributed by atoms with E-state index in [4.69, 9.17) is 5.11 Å². The molecule has 2 rings (SSSR count). The van der Waals surface area contributed by atoms with Crippen LogP contribution in [0.3, 0.4) is 0 Å². The lowest BCUT2D eigenvalue weighted by Crippen LogP contribution is -1.86. The Labute approximate surface area is 104 Å². The Morgan fingerprint density at radius 2 is 1.33 bits per heavy atom. The van der Waals surface area contributed by atoms with E-state index in [9.17, 15) is 10.1 Å². The van der Waals surface area contributed by atoms with Crippen molar-refractivity contribution in [2.45, 2.75) is 0 Å². The van der Waals surface area contributed by atoms with E-state index >= 15 is 0 Å². The fourth-order valence-corrected chi connectivity index (χ4v) is 1.49. The van der Waals surface area contributed by atoms with Crippen LogP contribution in [0.1, 0.15) is 11.1 Å². The van der Waals surface area contributed by atoms with E-state index < -0.39 is 4.92 Å². The number of phenols is 1. The lowest BCUT2D eigenvalue weighted by atomic mass is 10.1. The first kappa shape index (κ1) is 11.9. The van der Waals surface area contributed by atoms with Crippen LogP contribution in [-0.4, -0.2) is 10.0 Å². The molecule has 0 aliphatic heterocycles. The van der Waals surface area contributed by atoms with Crippen LogP contribution in [0.15, 0.2) is 48.5 Å². The van der Waals surface area contributed by atoms with Gasteiger partial charge < -0.3 is 5.11 Å². The molecule has 0 spiro atoms. The fraction of sp³-hybridized carbons (Fsp3) is 0. The van der Waals surface area contributed by atoms with Crippen LogP contribution >= 0.6 is 0 Å². The van der Waals surface area contributed by atoms with Gasteiger partial charge in [0.05, 0.1) is 4.92 Å². The third-order valence-electron chi connectivity index (χ3n) is 2.47. The number of hydrogen-bond donors (Lipinski definition) is 1. The Balaban J connectivity index is 2.13. The van der Waals surface area contributed by atoms with Crippen LogP contribution in [0.25, 0.3) is 12.2 Å². The van der Waals surface area contributed by atoms with Gasteiger partial charge in [-0.15, -0.1) is 0 Å². The van der Waals surface area contributed by atoms with Crippen LogP contribution < -0.4 is 0 Å². The van der Waals surface area contributed by atoms with E-state index in [1.807, 2.05) is 12.2 Å². The highest BCUT2D eigenvalue weighted by Crippen LogP contribution is 2.15. The van der Waals surface area contributed by atoms with Crippen molar-refractivity contribution in [3.63, 3.8) is 0 Å². The number of nitrogens with zero attached hydrogens (tertiary/aromatic N) is 1. The molecule has 0 fully saturated rings. The summed E-state index contributed by atoms with van der Waals surface area (Å²) in [6.45, 7) is 0. The molecule has 2 aromatic rings. The molecule has 0 amide bonds. The highest BCUT2D eigenvalue weighted by atomic mass is 16.6. The number of rotatable bonds is 3. The maximum atomic E-state index is 10.5. The zero-order valence-corrected chi connectivity index (χ0v) is 9.48. The van der Waals surface area contributed by atoms with Crippen molar-refractivity contribution in [1.29, 1.82) is 0 Å². The first-order chi connectivity index (χ1) is 8.65. The minimum absolute atomic E-state index is 0.0804. The third kappa shape index (κ3) is 2.95. The summed E-state index contributed by atoms with van der Waals surface area (Å²) in [5.41, 5.74) is 1.91. The summed E-state index contributed by atoms with van der Waals surface area (Å²) in [6.07, 6.45) is 3.73. The SMILES string of the molecule is O=[N+]([O-])c1ccc(/C=C\c2ccc(O)cc2)cc1. The van der Waals surface area contributed by atoms with Crippen LogP contribution in [0.5, 0.6) is 5.75 Å². The van der Waals surface area contributed by atoms with Gasteiger partial charge >= 0.3 is 0 Å². The molecular formula is C14H11NO3. The minimum atomic E-state index is -0.423. The quantitative estimate of drug-likeness (QED) is 0.508. The summed E-state index contributed by atoms with van der Waals surface area (Å²) in [4.78, 5) is 10.1. The van der Waals surface area contributed by atoms with Crippen molar-refractivity contribution in [2.75, 3.05) is 0 Å². The van der Waals surface area contributed by atoms with Crippen molar-refractivity contribution in [1.82, 2.24) is 0 Å². The predicted molar refractivity (Wildman–Crippen MR) is 70.1 cm³/mol. The van der Waals surface area contributed by atoms with Crippen LogP contribution in [0.2, 0.25) is 0 Å². The highest BCUT2D eigenvalue weighted by molar-refractivity contribution is 5.70. The molecule has 0 bridgehead atoms. The van der Waals surface area contributed by atoms with Crippen molar-refractivity contribution in [3.05, 3.63) is 69.8 Å². The Morgan fingerprint density at radius 3 is 1.78 bits per heavy atom. The lowest BCUT2D eigenvalue weighted by Gasteiger charge is -1.95. The Hall–Kier alpha value is -2.62. The molecule has 2 aromatic carbocycles. The summed E-state index contributed by atoms with van der Waals surface area (Å²) in [5.74, 6) is 0.225. The van der Waals surface area contributed by atoms with E-state index in [2.05, 4.69) is 0 Å². The number of nitro benzene ring substituents is 1. The number of nitro groups is 1. The fourth-order valence-electron chi connectivity index (χ4n) is 1.49. The number of benzene rings is 2. The Bertz CT molecular complexity index is 571. The largest absolute Gasteiger partial charge is 0.508 e. The molecule has 0 aliphatic rings. The van der Waals surface area contributed by atoms with Crippen molar-refractivity contribution in [3.8, 4) is 5.75 Å². The molecule has 0 aromatic heterocycles. The first-order valence-corrected chi connectivity index (χ1v) is 5.37. The van der Waals surface area contributed by atoms with Crippen molar-refractivity contribution in [2.24, 2.45) is 0 Å². The number of hydrogen-bond acceptors (Lipinski definition) is 3. The minimum Gasteiger partial charge on any atom is -0.508 e. The molecule has 1 N–H and O–H groups in total. The van der Waals surface area contributed by atoms with Gasteiger partial charge in [0.2, 0.25) is 0 Å². The molecule has 0 saturated heterocycles. The molecule has 18 heavy (non-hydrogen) atoms. The topological polar surface area (TPSA) is 63.4 Å². The normalized spacial score (nSPS) is 10.7. The standard InChI is InChI=1S/C14H11NO3/c16-14-9-5-12(6-10-14)2-1-11-3-7-13(8-4-11)15(17)18/h1-10,16H/b2-1-. The third-order valence-corrected chi connectivity index (χ3v) is 2.47. The van der Waals surface area contributed by atoms with Gasteiger partial charge in [0.15, 0.2) is 0 Å². The summed E-state index contributed by atoms with van der Waals surface area (Å²) in [6, 6.07) is 13.1. The zero-order valence-electron chi connectivity index (χ0n) is 9.48. The molecule has 0 radical (unpaired) electrons. The maximum Gasteiger partial charge on any atom is 0.269 e. The van der Waals surface area contributed by atoms with Crippen LogP contribution in [0.4, 0.5) is 5.69 Å². The monoisotopic (exact) mass is 241 g/mol. The lowest BCUT2D eigenvalue weighted by molar-refractivity contribution is -0.384. The Kier molecular flexibility index (Phi) is 3.38. The van der Waals surface area contributed by atoms with Gasteiger partial charge in [-0.3, -0.25) is 10.1 Å². The summed E-state index contributed by atoms with van der Waals surface area (Å²) in [7, 11) is 0. The van der Waals surface area contributed by atoms with E-state index in [0.29, 0.717) is 0 Å². The first-order valence-electron chi connectivity index (χ1n) is 5.37. The predicted octanol–water partition coefficient (Wildman–Crippen LogP) is 3.47. The molecular weight excluding hydrogens is 230 g/mol. The van der Waals surface area contributed by atoms with Gasteiger partial charge in [-0.1, -0.05) is 24.3 Å². The molecule has 0 aliphatic carbocycles. The molecule has 90 valence electrons. The van der Waals surface area contributed by atoms with Gasteiger partial charge in [0, 0.05) is 12.1 Å². The smallest absolute Gasteiger partial charge is 0.269 e. The van der Waals surface area contributed by atoms with Gasteiger partial charge in [0.1, 0.15) is 5.75 Å². The van der Waals surface area contributed by atoms with Crippen molar-refractivity contribution < 1.29 is 10.0 Å². The molecule has 0 saturated carbocycles. The zero-order chi connectivity index (χ0) is 13.0. The van der Waals surface area contributed by atoms with Crippen LogP contribution in [0, 0.1) is 10.1 Å². The molecule has 4 heteroatoms. The maximum absolute atomic E-state index is 10.5. The molecule has 4 nitrogen and oxygen atoms in total. The van der Waals surface area contributed by atoms with Crippen LogP contribution in [-0.2, 0) is 0 Å². The van der Waals surface area contributed by atoms with Gasteiger partial charge in [-0.05, 0) is 35.4 Å². The number of phenolic OH excluding ortho intramolecular Hbond substituents is 1. The summed E-state index contributed by atoms with van der Waals surface area (Å²) >= 11 is 0. The Morgan fingerprint density at radius 1 is 0.889 bits per heavy atom. The molecule has 0 atom stereocenters. The second-order valence-electron chi connectivity index (χ2n) is 3.77. The van der Waals surface area contributed by atoms with E-state index in [1.165, 1.54) is 12.1 Å². The van der Waals surface area contributed by atoms with E-state index in [-0.39, 0.29) is 11.4 Å². The van der Waals surface area contributed by atoms with Crippen molar-refractivity contribution >= 4 is 17.8 Å². The molecule has 0 unspecified atom stereocenters. The number of aromatic hydroxyl groups is 1. The highest BCUT2D eigenvalue weighted by Gasteiger charge is 2.01. The van der Waals surface area contributed by atoms with Gasteiger partial charge in [0.25, 0.3) is 5.69 Å². The number of non-ortho nitro benzene ring substituents is 1. The average Bonchev–Trinajstić information content (AvgIpc) is 2.38. The summed E-state index contributed by atoms with van der Waals surface area (Å²) in [5, 5.41) is 19.6. The second kappa shape index (κ2) is 5.14. The van der Waals surface area contributed by atoms with E-state index in [1.54, 1.807) is 36.4 Å². The summed E-state index contributed by atoms with van der Waals surface area (Å²) < 4.78 is 0.